The summed E-state index contributed by atoms with van der Waals surface area (Å²) < 4.78 is 43.9. The first-order valence-corrected chi connectivity index (χ1v) is 11.7. The quantitative estimate of drug-likeness (QED) is 0.491. The number of nitrogens with one attached hydrogen (secondary N) is 1. The van der Waals surface area contributed by atoms with Crippen molar-refractivity contribution in [2.45, 2.75) is 30.4 Å². The van der Waals surface area contributed by atoms with Gasteiger partial charge in [0.05, 0.1) is 16.7 Å². The minimum Gasteiger partial charge on any atom is -0.452 e. The van der Waals surface area contributed by atoms with Gasteiger partial charge in [-0.3, -0.25) is 0 Å². The molecule has 2 heterocycles. The molecule has 1 N–H and O–H groups in total. The summed E-state index contributed by atoms with van der Waals surface area (Å²) in [6, 6.07) is 13.0. The average molecular weight is 478 g/mol. The maximum Gasteiger partial charge on any atom is 0.338 e. The Balaban J connectivity index is 1.41. The van der Waals surface area contributed by atoms with Gasteiger partial charge in [-0.15, -0.1) is 10.2 Å². The van der Waals surface area contributed by atoms with Crippen LogP contribution in [0.1, 0.15) is 29.1 Å². The minimum atomic E-state index is -3.94. The summed E-state index contributed by atoms with van der Waals surface area (Å²) in [5, 5.41) is 7.77. The van der Waals surface area contributed by atoms with Crippen LogP contribution in [0.2, 0.25) is 5.02 Å². The fourth-order valence-corrected chi connectivity index (χ4v) is 4.73. The molecule has 2 aromatic carbocycles. The number of aromatic nitrogens is 2. The van der Waals surface area contributed by atoms with Crippen molar-refractivity contribution in [3.05, 3.63) is 65.0 Å². The third-order valence-electron chi connectivity index (χ3n) is 4.80. The molecule has 1 fully saturated rings. The van der Waals surface area contributed by atoms with Crippen LogP contribution in [0.15, 0.2) is 57.8 Å². The van der Waals surface area contributed by atoms with E-state index in [9.17, 15) is 13.2 Å². The number of carbonyl (C=O) groups is 1. The molecule has 0 radical (unpaired) electrons. The molecule has 4 rings (SSSR count). The molecule has 168 valence electrons. The van der Waals surface area contributed by atoms with Crippen molar-refractivity contribution in [2.75, 3.05) is 13.2 Å². The molecule has 1 saturated heterocycles. The predicted molar refractivity (Wildman–Crippen MR) is 114 cm³/mol. The van der Waals surface area contributed by atoms with Crippen molar-refractivity contribution in [2.24, 2.45) is 0 Å². The van der Waals surface area contributed by atoms with Gasteiger partial charge in [0.25, 0.3) is 5.89 Å². The Kier molecular flexibility index (Phi) is 6.85. The van der Waals surface area contributed by atoms with Crippen molar-refractivity contribution < 1.29 is 27.1 Å². The minimum absolute atomic E-state index is 0.00852. The van der Waals surface area contributed by atoms with E-state index in [1.807, 2.05) is 30.3 Å². The third-order valence-corrected chi connectivity index (χ3v) is 6.70. The Morgan fingerprint density at radius 2 is 2.00 bits per heavy atom. The lowest BCUT2D eigenvalue weighted by Crippen LogP contribution is -2.32. The Morgan fingerprint density at radius 3 is 2.75 bits per heavy atom. The number of halogens is 1. The van der Waals surface area contributed by atoms with E-state index in [4.69, 9.17) is 25.5 Å². The van der Waals surface area contributed by atoms with E-state index >= 15 is 0 Å². The van der Waals surface area contributed by atoms with Gasteiger partial charge in [0.1, 0.15) is 4.90 Å². The summed E-state index contributed by atoms with van der Waals surface area (Å²) in [5.41, 5.74) is 0.760. The lowest BCUT2D eigenvalue weighted by Gasteiger charge is -2.13. The zero-order chi connectivity index (χ0) is 22.6. The number of hydrogen-bond acceptors (Lipinski definition) is 8. The molecule has 1 aliphatic heterocycles. The van der Waals surface area contributed by atoms with Crippen LogP contribution in [0.4, 0.5) is 0 Å². The molecular weight excluding hydrogens is 458 g/mol. The molecule has 1 unspecified atom stereocenters. The monoisotopic (exact) mass is 477 g/mol. The molecule has 1 aliphatic rings. The van der Waals surface area contributed by atoms with E-state index in [1.54, 1.807) is 0 Å². The normalized spacial score (nSPS) is 16.2. The van der Waals surface area contributed by atoms with Gasteiger partial charge in [0.15, 0.2) is 6.61 Å². The number of benzene rings is 2. The smallest absolute Gasteiger partial charge is 0.338 e. The molecular formula is C21H20ClN3O6S. The topological polar surface area (TPSA) is 121 Å². The van der Waals surface area contributed by atoms with Gasteiger partial charge < -0.3 is 13.9 Å². The highest BCUT2D eigenvalue weighted by Gasteiger charge is 2.24. The maximum atomic E-state index is 12.7. The molecule has 1 atom stereocenters. The average Bonchev–Trinajstić information content (AvgIpc) is 3.49. The van der Waals surface area contributed by atoms with Crippen LogP contribution in [0.3, 0.4) is 0 Å². The molecule has 32 heavy (non-hydrogen) atoms. The van der Waals surface area contributed by atoms with E-state index in [1.165, 1.54) is 18.2 Å². The van der Waals surface area contributed by atoms with Gasteiger partial charge in [0, 0.05) is 18.7 Å². The summed E-state index contributed by atoms with van der Waals surface area (Å²) in [4.78, 5) is 12.2. The van der Waals surface area contributed by atoms with Crippen molar-refractivity contribution in [1.29, 1.82) is 0 Å². The lowest BCUT2D eigenvalue weighted by atomic mass is 10.2. The molecule has 3 aromatic rings. The van der Waals surface area contributed by atoms with Crippen LogP contribution in [0.5, 0.6) is 0 Å². The molecule has 0 aliphatic carbocycles. The first kappa shape index (κ1) is 22.4. The zero-order valence-electron chi connectivity index (χ0n) is 16.9. The number of carbonyl (C=O) groups excluding carboxylic acids is 1. The second-order valence-electron chi connectivity index (χ2n) is 7.08. The number of ether oxygens (including phenoxy) is 2. The SMILES string of the molecule is O=C(OCc1nnc(-c2ccccc2)o1)c1ccc(Cl)c(S(=O)(=O)NCC2CCCO2)c1. The van der Waals surface area contributed by atoms with Crippen molar-refractivity contribution in [1.82, 2.24) is 14.9 Å². The fourth-order valence-electron chi connectivity index (χ4n) is 3.14. The zero-order valence-corrected chi connectivity index (χ0v) is 18.4. The van der Waals surface area contributed by atoms with Gasteiger partial charge in [-0.1, -0.05) is 29.8 Å². The lowest BCUT2D eigenvalue weighted by molar-refractivity contribution is 0.0438. The highest BCUT2D eigenvalue weighted by Crippen LogP contribution is 2.24. The van der Waals surface area contributed by atoms with E-state index in [2.05, 4.69) is 14.9 Å². The summed E-state index contributed by atoms with van der Waals surface area (Å²) in [5.74, 6) is -0.345. The highest BCUT2D eigenvalue weighted by atomic mass is 35.5. The van der Waals surface area contributed by atoms with Crippen LogP contribution in [-0.2, 0) is 26.1 Å². The van der Waals surface area contributed by atoms with E-state index < -0.39 is 16.0 Å². The van der Waals surface area contributed by atoms with E-state index in [-0.39, 0.29) is 40.6 Å². The van der Waals surface area contributed by atoms with Crippen LogP contribution in [0, 0.1) is 0 Å². The predicted octanol–water partition coefficient (Wildman–Crippen LogP) is 3.20. The van der Waals surface area contributed by atoms with Crippen molar-refractivity contribution in [3.8, 4) is 11.5 Å². The van der Waals surface area contributed by atoms with Gasteiger partial charge in [0.2, 0.25) is 15.9 Å². The molecule has 9 nitrogen and oxygen atoms in total. The van der Waals surface area contributed by atoms with Crippen LogP contribution >= 0.6 is 11.6 Å². The van der Waals surface area contributed by atoms with Gasteiger partial charge in [-0.25, -0.2) is 17.9 Å². The first-order chi connectivity index (χ1) is 15.4. The summed E-state index contributed by atoms with van der Waals surface area (Å²) in [6.07, 6.45) is 1.50. The molecule has 0 amide bonds. The van der Waals surface area contributed by atoms with E-state index in [0.717, 1.165) is 18.4 Å². The van der Waals surface area contributed by atoms with Crippen molar-refractivity contribution in [3.63, 3.8) is 0 Å². The number of sulfonamides is 1. The summed E-state index contributed by atoms with van der Waals surface area (Å²) >= 11 is 6.08. The Labute approximate surface area is 189 Å². The van der Waals surface area contributed by atoms with Crippen molar-refractivity contribution >= 4 is 27.6 Å². The van der Waals surface area contributed by atoms with Gasteiger partial charge >= 0.3 is 5.97 Å². The maximum absolute atomic E-state index is 12.7. The Bertz CT molecular complexity index is 1190. The number of rotatable bonds is 8. The molecule has 1 aromatic heterocycles. The molecule has 0 saturated carbocycles. The van der Waals surface area contributed by atoms with Crippen LogP contribution in [-0.4, -0.2) is 43.8 Å². The first-order valence-electron chi connectivity index (χ1n) is 9.88. The number of nitrogens with zero attached hydrogens (tertiary/aromatic N) is 2. The molecule has 0 spiro atoms. The van der Waals surface area contributed by atoms with Gasteiger partial charge in [-0.2, -0.15) is 0 Å². The summed E-state index contributed by atoms with van der Waals surface area (Å²) in [7, 11) is -3.94. The number of esters is 1. The molecule has 11 heteroatoms. The summed E-state index contributed by atoms with van der Waals surface area (Å²) in [6.45, 7) is 0.482. The van der Waals surface area contributed by atoms with Crippen LogP contribution < -0.4 is 4.72 Å². The largest absolute Gasteiger partial charge is 0.452 e. The van der Waals surface area contributed by atoms with Gasteiger partial charge in [-0.05, 0) is 43.2 Å². The standard InChI is InChI=1S/C21H20ClN3O6S/c22-17-9-8-15(11-18(17)32(27,28)23-12-16-7-4-10-29-16)21(26)30-13-19-24-25-20(31-19)14-5-2-1-3-6-14/h1-3,5-6,8-9,11,16,23H,4,7,10,12-13H2. The van der Waals surface area contributed by atoms with Crippen LogP contribution in [0.25, 0.3) is 11.5 Å². The Morgan fingerprint density at radius 1 is 1.19 bits per heavy atom. The highest BCUT2D eigenvalue weighted by molar-refractivity contribution is 7.89. The Hall–Kier alpha value is -2.79. The number of hydrogen-bond donors (Lipinski definition) is 1. The second-order valence-corrected chi connectivity index (χ2v) is 9.22. The third kappa shape index (κ3) is 5.33. The fraction of sp³-hybridized carbons (Fsp3) is 0.286. The van der Waals surface area contributed by atoms with E-state index in [0.29, 0.717) is 12.5 Å². The second kappa shape index (κ2) is 9.78. The molecule has 0 bridgehead atoms.